The Morgan fingerprint density at radius 1 is 1.52 bits per heavy atom. The van der Waals surface area contributed by atoms with E-state index in [4.69, 9.17) is 4.74 Å². The van der Waals surface area contributed by atoms with Crippen LogP contribution in [-0.2, 0) is 7.05 Å². The molecule has 110 valence electrons. The maximum atomic E-state index is 12.1. The summed E-state index contributed by atoms with van der Waals surface area (Å²) < 4.78 is 7.75. The quantitative estimate of drug-likeness (QED) is 0.679. The average molecular weight is 351 g/mol. The molecule has 0 radical (unpaired) electrons. The van der Waals surface area contributed by atoms with Gasteiger partial charge in [-0.15, -0.1) is 0 Å². The lowest BCUT2D eigenvalue weighted by molar-refractivity contribution is 0.0952. The summed E-state index contributed by atoms with van der Waals surface area (Å²) in [5.41, 5.74) is 4.71. The number of amides is 1. The van der Waals surface area contributed by atoms with E-state index in [0.29, 0.717) is 11.3 Å². The fraction of sp³-hybridized carbons (Fsp3) is 0.214. The van der Waals surface area contributed by atoms with Gasteiger partial charge < -0.3 is 4.74 Å². The van der Waals surface area contributed by atoms with Crippen molar-refractivity contribution in [3.05, 3.63) is 45.7 Å². The number of aryl methyl sites for hydroxylation is 1. The summed E-state index contributed by atoms with van der Waals surface area (Å²) in [5.74, 6) is 0.145. The van der Waals surface area contributed by atoms with Gasteiger partial charge in [-0.2, -0.15) is 10.2 Å². The second-order valence-electron chi connectivity index (χ2n) is 4.35. The van der Waals surface area contributed by atoms with Crippen LogP contribution in [0.3, 0.4) is 0 Å². The van der Waals surface area contributed by atoms with Crippen molar-refractivity contribution >= 4 is 28.1 Å². The highest BCUT2D eigenvalue weighted by Crippen LogP contribution is 2.23. The first-order chi connectivity index (χ1) is 10.0. The molecule has 1 N–H and O–H groups in total. The first kappa shape index (κ1) is 15.2. The van der Waals surface area contributed by atoms with E-state index in [1.54, 1.807) is 35.3 Å². The van der Waals surface area contributed by atoms with E-state index in [-0.39, 0.29) is 5.91 Å². The topological polar surface area (TPSA) is 68.5 Å². The van der Waals surface area contributed by atoms with Crippen molar-refractivity contribution in [3.63, 3.8) is 0 Å². The molecule has 0 saturated carbocycles. The van der Waals surface area contributed by atoms with Crippen molar-refractivity contribution in [3.8, 4) is 5.75 Å². The standard InChI is InChI=1S/C14H15BrN4O2/c1-9-10(8-17-19(9)2)7-16-18-14(20)12-5-4-11(15)6-13(12)21-3/h4-8H,1-3H3,(H,18,20). The first-order valence-electron chi connectivity index (χ1n) is 6.18. The molecule has 0 spiro atoms. The molecule has 1 aromatic heterocycles. The predicted molar refractivity (Wildman–Crippen MR) is 83.7 cm³/mol. The molecule has 0 aliphatic carbocycles. The lowest BCUT2D eigenvalue weighted by Crippen LogP contribution is -2.18. The van der Waals surface area contributed by atoms with E-state index in [2.05, 4.69) is 31.6 Å². The third kappa shape index (κ3) is 3.49. The molecule has 1 amide bonds. The number of hydrogen-bond donors (Lipinski definition) is 1. The molecule has 2 rings (SSSR count). The van der Waals surface area contributed by atoms with Crippen LogP contribution in [0.4, 0.5) is 0 Å². The Morgan fingerprint density at radius 2 is 2.29 bits per heavy atom. The molecular weight excluding hydrogens is 336 g/mol. The maximum Gasteiger partial charge on any atom is 0.275 e. The second-order valence-corrected chi connectivity index (χ2v) is 5.27. The number of methoxy groups -OCH3 is 1. The van der Waals surface area contributed by atoms with Gasteiger partial charge in [-0.05, 0) is 25.1 Å². The number of rotatable bonds is 4. The van der Waals surface area contributed by atoms with Crippen molar-refractivity contribution in [2.24, 2.45) is 12.1 Å². The van der Waals surface area contributed by atoms with Gasteiger partial charge in [0.25, 0.3) is 5.91 Å². The van der Waals surface area contributed by atoms with Gasteiger partial charge in [-0.3, -0.25) is 9.48 Å². The minimum atomic E-state index is -0.336. The Labute approximate surface area is 130 Å². The van der Waals surface area contributed by atoms with Crippen LogP contribution in [0.25, 0.3) is 0 Å². The Morgan fingerprint density at radius 3 is 2.90 bits per heavy atom. The van der Waals surface area contributed by atoms with E-state index >= 15 is 0 Å². The molecule has 0 aliphatic rings. The largest absolute Gasteiger partial charge is 0.496 e. The van der Waals surface area contributed by atoms with Gasteiger partial charge in [-0.25, -0.2) is 5.43 Å². The Hall–Kier alpha value is -2.15. The summed E-state index contributed by atoms with van der Waals surface area (Å²) >= 11 is 3.33. The molecule has 1 aromatic carbocycles. The second kappa shape index (κ2) is 6.53. The van der Waals surface area contributed by atoms with Crippen molar-refractivity contribution in [1.82, 2.24) is 15.2 Å². The van der Waals surface area contributed by atoms with E-state index in [1.807, 2.05) is 14.0 Å². The summed E-state index contributed by atoms with van der Waals surface area (Å²) in [5, 5.41) is 8.04. The SMILES string of the molecule is COc1cc(Br)ccc1C(=O)NN=Cc1cnn(C)c1C. The molecule has 21 heavy (non-hydrogen) atoms. The van der Waals surface area contributed by atoms with E-state index in [1.165, 1.54) is 7.11 Å². The zero-order valence-corrected chi connectivity index (χ0v) is 13.5. The fourth-order valence-corrected chi connectivity index (χ4v) is 2.06. The highest BCUT2D eigenvalue weighted by atomic mass is 79.9. The number of carbonyl (C=O) groups excluding carboxylic acids is 1. The van der Waals surface area contributed by atoms with Crippen LogP contribution >= 0.6 is 15.9 Å². The van der Waals surface area contributed by atoms with Crippen molar-refractivity contribution in [2.75, 3.05) is 7.11 Å². The van der Waals surface area contributed by atoms with Gasteiger partial charge in [-0.1, -0.05) is 15.9 Å². The number of hydrazone groups is 1. The van der Waals surface area contributed by atoms with Gasteiger partial charge in [0.2, 0.25) is 0 Å². The van der Waals surface area contributed by atoms with Crippen LogP contribution in [0.15, 0.2) is 34.0 Å². The molecule has 0 aliphatic heterocycles. The van der Waals surface area contributed by atoms with E-state index < -0.39 is 0 Å². The first-order valence-corrected chi connectivity index (χ1v) is 6.97. The summed E-state index contributed by atoms with van der Waals surface area (Å²) in [6.07, 6.45) is 3.25. The van der Waals surface area contributed by atoms with Crippen molar-refractivity contribution in [2.45, 2.75) is 6.92 Å². The van der Waals surface area contributed by atoms with Gasteiger partial charge in [0.15, 0.2) is 0 Å². The summed E-state index contributed by atoms with van der Waals surface area (Å²) in [7, 11) is 3.36. The van der Waals surface area contributed by atoms with Gasteiger partial charge >= 0.3 is 0 Å². The lowest BCUT2D eigenvalue weighted by atomic mass is 10.2. The normalized spacial score (nSPS) is 10.9. The zero-order chi connectivity index (χ0) is 15.4. The van der Waals surface area contributed by atoms with E-state index in [0.717, 1.165) is 15.7 Å². The Bertz CT molecular complexity index is 694. The third-order valence-electron chi connectivity index (χ3n) is 3.05. The molecule has 7 heteroatoms. The number of hydrogen-bond acceptors (Lipinski definition) is 4. The smallest absolute Gasteiger partial charge is 0.275 e. The number of halogens is 1. The van der Waals surface area contributed by atoms with Crippen LogP contribution < -0.4 is 10.2 Å². The van der Waals surface area contributed by atoms with Crippen LogP contribution in [0, 0.1) is 6.92 Å². The number of aromatic nitrogens is 2. The predicted octanol–water partition coefficient (Wildman–Crippen LogP) is 2.26. The minimum Gasteiger partial charge on any atom is -0.496 e. The zero-order valence-electron chi connectivity index (χ0n) is 11.9. The molecule has 1 heterocycles. The molecule has 0 bridgehead atoms. The minimum absolute atomic E-state index is 0.336. The molecule has 2 aromatic rings. The number of nitrogens with zero attached hydrogens (tertiary/aromatic N) is 3. The van der Waals surface area contributed by atoms with Gasteiger partial charge in [0, 0.05) is 22.8 Å². The number of carbonyl (C=O) groups is 1. The van der Waals surface area contributed by atoms with E-state index in [9.17, 15) is 4.79 Å². The van der Waals surface area contributed by atoms with Crippen LogP contribution in [-0.4, -0.2) is 29.0 Å². The van der Waals surface area contributed by atoms with Crippen molar-refractivity contribution < 1.29 is 9.53 Å². The fourth-order valence-electron chi connectivity index (χ4n) is 1.72. The van der Waals surface area contributed by atoms with Crippen molar-refractivity contribution in [1.29, 1.82) is 0 Å². The molecular formula is C14H15BrN4O2. The monoisotopic (exact) mass is 350 g/mol. The van der Waals surface area contributed by atoms with Crippen LogP contribution in [0.5, 0.6) is 5.75 Å². The number of ether oxygens (including phenoxy) is 1. The molecule has 0 fully saturated rings. The lowest BCUT2D eigenvalue weighted by Gasteiger charge is -2.07. The van der Waals surface area contributed by atoms with Gasteiger partial charge in [0.05, 0.1) is 25.1 Å². The molecule has 0 atom stereocenters. The number of benzene rings is 1. The summed E-state index contributed by atoms with van der Waals surface area (Å²) in [4.78, 5) is 12.1. The number of nitrogens with one attached hydrogen (secondary N) is 1. The van der Waals surface area contributed by atoms with Gasteiger partial charge in [0.1, 0.15) is 5.75 Å². The summed E-state index contributed by atoms with van der Waals surface area (Å²) in [6.45, 7) is 1.92. The van der Waals surface area contributed by atoms with Crippen LogP contribution in [0.1, 0.15) is 21.6 Å². The third-order valence-corrected chi connectivity index (χ3v) is 3.54. The molecule has 0 saturated heterocycles. The highest BCUT2D eigenvalue weighted by Gasteiger charge is 2.11. The Kier molecular flexibility index (Phi) is 4.74. The average Bonchev–Trinajstić information content (AvgIpc) is 2.79. The highest BCUT2D eigenvalue weighted by molar-refractivity contribution is 9.10. The molecule has 0 unspecified atom stereocenters. The maximum absolute atomic E-state index is 12.1. The Balaban J connectivity index is 2.10. The summed E-state index contributed by atoms with van der Waals surface area (Å²) in [6, 6.07) is 5.17. The molecule has 6 nitrogen and oxygen atoms in total. The van der Waals surface area contributed by atoms with Crippen LogP contribution in [0.2, 0.25) is 0 Å².